The molecule has 26 nitrogen and oxygen atoms in total. The van der Waals surface area contributed by atoms with E-state index in [1.165, 1.54) is 24.3 Å². The summed E-state index contributed by atoms with van der Waals surface area (Å²) in [5.41, 5.74) is 9.20. The van der Waals surface area contributed by atoms with Crippen LogP contribution >= 0.6 is 11.6 Å². The smallest absolute Gasteiger partial charge is 0.553 e. The van der Waals surface area contributed by atoms with Crippen LogP contribution in [0.2, 0.25) is 5.15 Å². The van der Waals surface area contributed by atoms with Crippen molar-refractivity contribution in [2.45, 2.75) is 141 Å². The van der Waals surface area contributed by atoms with E-state index in [2.05, 4.69) is 54.8 Å². The first-order valence-corrected chi connectivity index (χ1v) is 38.9. The van der Waals surface area contributed by atoms with Crippen molar-refractivity contribution in [2.24, 2.45) is 0 Å². The number of fused-ring (bicyclic) bond motifs is 4. The van der Waals surface area contributed by atoms with Crippen LogP contribution in [0, 0.1) is 48.5 Å². The van der Waals surface area contributed by atoms with E-state index in [1.807, 2.05) is 140 Å². The van der Waals surface area contributed by atoms with Gasteiger partial charge in [0, 0.05) is 101 Å². The summed E-state index contributed by atoms with van der Waals surface area (Å²) in [6, 6.07) is 40.5. The Labute approximate surface area is 668 Å². The van der Waals surface area contributed by atoms with E-state index in [0.717, 1.165) is 77.9 Å². The Balaban J connectivity index is 0.000000158. The molecule has 33 heteroatoms. The average Bonchev–Trinajstić information content (AvgIpc) is 1.59. The number of rotatable bonds is 9. The fourth-order valence-electron chi connectivity index (χ4n) is 11.1. The van der Waals surface area contributed by atoms with Crippen molar-refractivity contribution in [1.82, 2.24) is 66.7 Å². The Kier molecular flexibility index (Phi) is 26.9. The van der Waals surface area contributed by atoms with Crippen LogP contribution in [0.15, 0.2) is 222 Å². The predicted octanol–water partition coefficient (Wildman–Crippen LogP) is 11.2. The van der Waals surface area contributed by atoms with Gasteiger partial charge in [0.2, 0.25) is 0 Å². The third-order valence-electron chi connectivity index (χ3n) is 18.8. The Bertz CT molecular complexity index is 5870. The molecule has 2 saturated heterocycles. The minimum Gasteiger partial charge on any atom is -0.553 e. The molecule has 2 aliphatic heterocycles. The van der Waals surface area contributed by atoms with Crippen LogP contribution in [0.25, 0.3) is 72.5 Å². The van der Waals surface area contributed by atoms with Crippen LogP contribution in [0.5, 0.6) is 0 Å². The van der Waals surface area contributed by atoms with Gasteiger partial charge in [0.05, 0.1) is 48.5 Å². The van der Waals surface area contributed by atoms with Gasteiger partial charge in [-0.15, -0.1) is 0 Å². The van der Waals surface area contributed by atoms with Gasteiger partial charge in [0.25, 0.3) is 30.1 Å². The first-order chi connectivity index (χ1) is 51.6. The number of halogens is 1. The monoisotopic (exact) mass is 1570 g/mol. The van der Waals surface area contributed by atoms with Gasteiger partial charge < -0.3 is 34.7 Å². The first kappa shape index (κ1) is 84.7. The van der Waals surface area contributed by atoms with E-state index < -0.39 is 48.4 Å². The zero-order valence-corrected chi connectivity index (χ0v) is 69.1. The average molecular weight is 1570 g/mol. The molecule has 0 spiro atoms. The van der Waals surface area contributed by atoms with Crippen LogP contribution in [0.1, 0.15) is 95.1 Å². The van der Waals surface area contributed by atoms with Gasteiger partial charge in [0.15, 0.2) is 16.9 Å². The largest absolute Gasteiger partial charge is 1.00 e. The Morgan fingerprint density at radius 1 is 0.418 bits per heavy atom. The van der Waals surface area contributed by atoms with Crippen LogP contribution in [0.4, 0.5) is 0 Å². The molecule has 11 aromatic heterocycles. The number of nitrogens with zero attached hydrogens (tertiary/aromatic N) is 13. The summed E-state index contributed by atoms with van der Waals surface area (Å²) in [7, 11) is -11.2. The van der Waals surface area contributed by atoms with Gasteiger partial charge in [-0.2, -0.15) is 0 Å². The third kappa shape index (κ3) is 18.8. The van der Waals surface area contributed by atoms with Crippen molar-refractivity contribution in [3.8, 4) is 22.5 Å². The summed E-state index contributed by atoms with van der Waals surface area (Å²) in [5.74, 6) is 6.88. The van der Waals surface area contributed by atoms with Crippen molar-refractivity contribution in [3.63, 3.8) is 0 Å². The van der Waals surface area contributed by atoms with Crippen LogP contribution < -0.4 is 35.0 Å². The molecule has 2 aliphatic rings. The second kappa shape index (κ2) is 34.9. The normalized spacial score (nSPS) is 14.4. The molecule has 3 aromatic carbocycles. The topological polar surface area (TPSA) is 343 Å². The van der Waals surface area contributed by atoms with Crippen molar-refractivity contribution < 1.29 is 78.6 Å². The summed E-state index contributed by atoms with van der Waals surface area (Å²) in [4.78, 5) is 45.6. The van der Waals surface area contributed by atoms with Gasteiger partial charge >= 0.3 is 44.4 Å². The van der Waals surface area contributed by atoms with Gasteiger partial charge in [0.1, 0.15) is 28.3 Å². The number of aromatic amines is 1. The molecule has 2 fully saturated rings. The number of nitrogens with one attached hydrogen (secondary N) is 2. The molecule has 564 valence electrons. The van der Waals surface area contributed by atoms with Crippen molar-refractivity contribution in [1.29, 1.82) is 0 Å². The number of hydrogen-bond donors (Lipinski definition) is 2. The predicted molar refractivity (Wildman–Crippen MR) is 424 cm³/mol. The summed E-state index contributed by atoms with van der Waals surface area (Å²) < 4.78 is 104. The minimum atomic E-state index is -3.75. The standard InChI is InChI=1S/C20H23BN2O4S.C19H16N4O2S.C15H14N2O2S.C12H10N4.C6H13BO2.C5H5ClN2.H2NO.Na/c1-14-6-8-15(9-7-14)28(24,25)23-13-11-16-17(10-12-22-18(16)23)21-26-19(2,3)20(4,5)27-21;1-13-3-5-15(6-4-13)26(24,25)23-12-9-17-16(7-10-21-19(17)23)18-8-11-20-14(2)22-18;1-11-3-5-13(6-4-11)20(18,19)17-10-8-14-12(2)7-9-16-15(14)17;1-8-13-7-4-11(16-8)9-2-5-14-12-10(9)3-6-15-12;1-5(2)6(3,4)9-7-8-5;1-4-7-3-2-5(6)8-4;1-2;/h6-13H,1-5H3;3-12H,1-2H3;3-10H,1-2H3;2-7H,1H3,(H,14,15);7H,1-4H3;2-3H,1H3;1-2H;/q;;;;;;-1;+1. The summed E-state index contributed by atoms with van der Waals surface area (Å²) in [6.07, 6.45) is 18.2. The van der Waals surface area contributed by atoms with Crippen molar-refractivity contribution in [2.75, 3.05) is 0 Å². The summed E-state index contributed by atoms with van der Waals surface area (Å²) >= 11 is 5.49. The van der Waals surface area contributed by atoms with Crippen LogP contribution in [0.3, 0.4) is 0 Å². The molecular formula is C77H83B2ClN15NaO11S3. The molecule has 16 rings (SSSR count). The second-order valence-electron chi connectivity index (χ2n) is 27.4. The molecule has 0 aliphatic carbocycles. The molecule has 0 bridgehead atoms. The maximum absolute atomic E-state index is 13.1. The number of pyridine rings is 4. The molecule has 0 amide bonds. The van der Waals surface area contributed by atoms with Crippen LogP contribution in [-0.2, 0) is 48.7 Å². The Morgan fingerprint density at radius 2 is 0.782 bits per heavy atom. The molecular weight excluding hydrogens is 1490 g/mol. The molecule has 3 N–H and O–H groups in total. The number of benzene rings is 3. The second-order valence-corrected chi connectivity index (χ2v) is 33.2. The van der Waals surface area contributed by atoms with Gasteiger partial charge in [-0.3, -0.25) is 0 Å². The number of aryl methyl sites for hydroxylation is 7. The maximum Gasteiger partial charge on any atom is 1.00 e. The number of H-pyrrole nitrogens is 1. The van der Waals surface area contributed by atoms with E-state index in [9.17, 15) is 25.3 Å². The molecule has 110 heavy (non-hydrogen) atoms. The van der Waals surface area contributed by atoms with E-state index in [-0.39, 0.29) is 55.4 Å². The minimum absolute atomic E-state index is 0. The molecule has 0 radical (unpaired) electrons. The van der Waals surface area contributed by atoms with Crippen LogP contribution in [-0.4, -0.2) is 134 Å². The molecule has 0 atom stereocenters. The molecule has 0 unspecified atom stereocenters. The number of hydrogen-bond acceptors (Lipinski definition) is 21. The Hall–Kier alpha value is -9.31. The fraction of sp³-hybridized carbons (Fsp3) is 0.247. The van der Waals surface area contributed by atoms with Gasteiger partial charge in [-0.05, 0) is 218 Å². The van der Waals surface area contributed by atoms with Crippen molar-refractivity contribution in [3.05, 3.63) is 258 Å². The SMILES string of the molecule is CC1(C)OBOC1(C)C.Cc1ccc(S(=O)(=O)n2ccc3c(-c4ccnc(C)n4)ccnc32)cc1.Cc1ccc(S(=O)(=O)n2ccc3c(B4OC(C)(C)C(C)(C)O4)ccnc32)cc1.Cc1ccc(S(=O)(=O)n2ccc3c(C)ccnc32)cc1.Cc1nccc(-c2ccnc3[nH]ccc23)n1.Cc1nccc(Cl)n1.[NH-]O.[Na+]. The Morgan fingerprint density at radius 3 is 1.19 bits per heavy atom. The van der Waals surface area contributed by atoms with Gasteiger partial charge in [-0.1, -0.05) is 64.7 Å². The van der Waals surface area contributed by atoms with E-state index in [0.29, 0.717) is 46.8 Å². The third-order valence-corrected chi connectivity index (χ3v) is 24.0. The quantitative estimate of drug-likeness (QED) is 0.0770. The zero-order valence-electron chi connectivity index (χ0n) is 63.9. The zero-order chi connectivity index (χ0) is 79.0. The van der Waals surface area contributed by atoms with E-state index in [4.69, 9.17) is 41.3 Å². The summed E-state index contributed by atoms with van der Waals surface area (Å²) in [5, 5.41) is 10.1. The summed E-state index contributed by atoms with van der Waals surface area (Å²) in [6.45, 7) is 29.3. The molecule has 13 heterocycles. The fourth-order valence-corrected chi connectivity index (χ4v) is 15.2. The number of aromatic nitrogens is 14. The van der Waals surface area contributed by atoms with Crippen molar-refractivity contribution >= 4 is 106 Å². The van der Waals surface area contributed by atoms with E-state index >= 15 is 0 Å². The first-order valence-electron chi connectivity index (χ1n) is 34.2. The maximum atomic E-state index is 13.1. The molecule has 14 aromatic rings. The van der Waals surface area contributed by atoms with Gasteiger partial charge in [-0.25, -0.2) is 87.0 Å². The molecule has 0 saturated carbocycles. The van der Waals surface area contributed by atoms with E-state index in [1.54, 1.807) is 160 Å².